The summed E-state index contributed by atoms with van der Waals surface area (Å²) in [6.45, 7) is 4.12. The molecule has 2 amide bonds. The van der Waals surface area contributed by atoms with Gasteiger partial charge in [-0.05, 0) is 36.8 Å². The number of methoxy groups -OCH3 is 4. The van der Waals surface area contributed by atoms with Crippen molar-refractivity contribution in [3.05, 3.63) is 53.2 Å². The average molecular weight is 579 g/mol. The molecule has 0 atom stereocenters. The number of aryl methyl sites for hydroxylation is 1. The zero-order valence-electron chi connectivity index (χ0n) is 24.6. The van der Waals surface area contributed by atoms with Gasteiger partial charge in [0.2, 0.25) is 11.7 Å². The minimum absolute atomic E-state index is 0.0245. The molecule has 12 nitrogen and oxygen atoms in total. The highest BCUT2D eigenvalue weighted by molar-refractivity contribution is 6.07. The van der Waals surface area contributed by atoms with Crippen LogP contribution in [-0.4, -0.2) is 92.6 Å². The molecule has 2 N–H and O–H groups in total. The first-order chi connectivity index (χ1) is 20.4. The zero-order chi connectivity index (χ0) is 29.8. The third-order valence-corrected chi connectivity index (χ3v) is 7.94. The zero-order valence-corrected chi connectivity index (χ0v) is 24.6. The van der Waals surface area contributed by atoms with E-state index in [1.165, 1.54) is 0 Å². The number of nitrogens with zero attached hydrogens (tertiary/aromatic N) is 5. The van der Waals surface area contributed by atoms with Gasteiger partial charge in [0.05, 0.1) is 35.0 Å². The second-order valence-electron chi connectivity index (χ2n) is 10.2. The maximum absolute atomic E-state index is 13.5. The summed E-state index contributed by atoms with van der Waals surface area (Å²) >= 11 is 0. The number of piperazine rings is 1. The number of hydrogen-bond acceptors (Lipinski definition) is 9. The minimum Gasteiger partial charge on any atom is -0.497 e. The summed E-state index contributed by atoms with van der Waals surface area (Å²) in [4.78, 5) is 32.6. The molecule has 224 valence electrons. The fraction of sp³-hybridized carbons (Fsp3) is 0.433. The van der Waals surface area contributed by atoms with E-state index in [0.717, 1.165) is 35.7 Å². The number of hydrogen-bond donors (Lipinski definition) is 1. The van der Waals surface area contributed by atoms with Crippen LogP contribution < -0.4 is 29.6 Å². The lowest BCUT2D eigenvalue weighted by atomic mass is 10.0. The van der Waals surface area contributed by atoms with E-state index in [2.05, 4.69) is 10.00 Å². The second-order valence-corrected chi connectivity index (χ2v) is 10.2. The van der Waals surface area contributed by atoms with Crippen LogP contribution in [0.1, 0.15) is 28.0 Å². The summed E-state index contributed by atoms with van der Waals surface area (Å²) in [5.41, 5.74) is 9.15. The topological polar surface area (TPSA) is 125 Å². The van der Waals surface area contributed by atoms with Crippen molar-refractivity contribution in [3.63, 3.8) is 0 Å². The molecule has 0 aliphatic carbocycles. The molecule has 0 saturated carbocycles. The van der Waals surface area contributed by atoms with E-state index >= 15 is 0 Å². The van der Waals surface area contributed by atoms with Gasteiger partial charge in [-0.25, -0.2) is 0 Å². The van der Waals surface area contributed by atoms with Crippen LogP contribution in [0.25, 0.3) is 0 Å². The SMILES string of the molecule is COc1ccc(N2CCc3c(N)nn(CCC(=O)N4CCN(Cc5ccc(OC)c(OC)c5OC)CC4)c3C2=O)cc1. The van der Waals surface area contributed by atoms with Gasteiger partial charge in [0.25, 0.3) is 5.91 Å². The molecule has 0 spiro atoms. The molecule has 42 heavy (non-hydrogen) atoms. The molecular weight excluding hydrogens is 540 g/mol. The van der Waals surface area contributed by atoms with Crippen molar-refractivity contribution >= 4 is 23.3 Å². The molecule has 0 radical (unpaired) electrons. The number of carbonyl (C=O) groups is 2. The minimum atomic E-state index is -0.169. The first-order valence-corrected chi connectivity index (χ1v) is 14.0. The smallest absolute Gasteiger partial charge is 0.276 e. The Morgan fingerprint density at radius 2 is 1.60 bits per heavy atom. The number of nitrogen functional groups attached to an aromatic ring is 1. The molecule has 1 fully saturated rings. The lowest BCUT2D eigenvalue weighted by molar-refractivity contribution is -0.133. The van der Waals surface area contributed by atoms with E-state index in [1.807, 2.05) is 41.3 Å². The van der Waals surface area contributed by atoms with Crippen LogP contribution in [0, 0.1) is 0 Å². The number of anilines is 2. The first kappa shape index (κ1) is 29.1. The third-order valence-electron chi connectivity index (χ3n) is 7.94. The van der Waals surface area contributed by atoms with E-state index in [4.69, 9.17) is 24.7 Å². The van der Waals surface area contributed by atoms with Crippen molar-refractivity contribution < 1.29 is 28.5 Å². The van der Waals surface area contributed by atoms with Crippen LogP contribution in [0.5, 0.6) is 23.0 Å². The highest BCUT2D eigenvalue weighted by Crippen LogP contribution is 2.40. The van der Waals surface area contributed by atoms with Crippen molar-refractivity contribution in [1.29, 1.82) is 0 Å². The Balaban J connectivity index is 1.19. The van der Waals surface area contributed by atoms with Gasteiger partial charge in [0.15, 0.2) is 11.5 Å². The molecule has 1 saturated heterocycles. The van der Waals surface area contributed by atoms with Gasteiger partial charge < -0.3 is 34.5 Å². The number of aromatic nitrogens is 2. The van der Waals surface area contributed by atoms with Gasteiger partial charge in [-0.15, -0.1) is 0 Å². The summed E-state index contributed by atoms with van der Waals surface area (Å²) in [6.07, 6.45) is 0.826. The van der Waals surface area contributed by atoms with Crippen LogP contribution in [-0.2, 0) is 24.3 Å². The molecule has 3 aromatic rings. The summed E-state index contributed by atoms with van der Waals surface area (Å²) in [6, 6.07) is 11.2. The summed E-state index contributed by atoms with van der Waals surface area (Å²) in [7, 11) is 6.41. The Morgan fingerprint density at radius 3 is 2.24 bits per heavy atom. The fourth-order valence-electron chi connectivity index (χ4n) is 5.67. The second kappa shape index (κ2) is 12.6. The number of ether oxygens (including phenoxy) is 4. The van der Waals surface area contributed by atoms with Crippen LogP contribution in [0.15, 0.2) is 36.4 Å². The van der Waals surface area contributed by atoms with Gasteiger partial charge in [-0.3, -0.25) is 19.2 Å². The number of fused-ring (bicyclic) bond motifs is 1. The van der Waals surface area contributed by atoms with E-state index in [0.29, 0.717) is 61.4 Å². The van der Waals surface area contributed by atoms with Crippen molar-refractivity contribution in [2.75, 3.05) is 71.8 Å². The highest BCUT2D eigenvalue weighted by Gasteiger charge is 2.32. The van der Waals surface area contributed by atoms with Crippen LogP contribution >= 0.6 is 0 Å². The molecular formula is C30H38N6O6. The standard InChI is InChI=1S/C30H38N6O6/c1-39-22-8-6-21(7-9-22)35-13-11-23-26(30(35)38)36(32-29(23)31)14-12-25(37)34-17-15-33(16-18-34)19-20-5-10-24(40-2)28(42-4)27(20)41-3/h5-10H,11-19H2,1-4H3,(H2,31,32). The van der Waals surface area contributed by atoms with Gasteiger partial charge in [-0.2, -0.15) is 5.10 Å². The van der Waals surface area contributed by atoms with Gasteiger partial charge in [0, 0.05) is 62.5 Å². The summed E-state index contributed by atoms with van der Waals surface area (Å²) in [5.74, 6) is 2.76. The molecule has 2 aliphatic heterocycles. The van der Waals surface area contributed by atoms with Gasteiger partial charge in [0.1, 0.15) is 17.3 Å². The molecule has 2 aromatic carbocycles. The normalized spacial score (nSPS) is 15.4. The van der Waals surface area contributed by atoms with Crippen LogP contribution in [0.3, 0.4) is 0 Å². The Kier molecular flexibility index (Phi) is 8.72. The highest BCUT2D eigenvalue weighted by atomic mass is 16.5. The Morgan fingerprint density at radius 1 is 0.881 bits per heavy atom. The molecule has 5 rings (SSSR count). The summed E-state index contributed by atoms with van der Waals surface area (Å²) in [5, 5.41) is 4.43. The van der Waals surface area contributed by atoms with E-state index in [9.17, 15) is 9.59 Å². The van der Waals surface area contributed by atoms with Crippen LogP contribution in [0.2, 0.25) is 0 Å². The Bertz CT molecular complexity index is 1430. The summed E-state index contributed by atoms with van der Waals surface area (Å²) < 4.78 is 23.4. The number of nitrogens with two attached hydrogens (primary N) is 1. The van der Waals surface area contributed by atoms with E-state index in [1.54, 1.807) is 38.0 Å². The predicted octanol–water partition coefficient (Wildman–Crippen LogP) is 2.44. The van der Waals surface area contributed by atoms with Crippen LogP contribution in [0.4, 0.5) is 11.5 Å². The number of rotatable bonds is 10. The quantitative estimate of drug-likeness (QED) is 0.386. The molecule has 0 bridgehead atoms. The lowest BCUT2D eigenvalue weighted by Crippen LogP contribution is -2.48. The lowest BCUT2D eigenvalue weighted by Gasteiger charge is -2.35. The van der Waals surface area contributed by atoms with Crippen molar-refractivity contribution in [1.82, 2.24) is 19.6 Å². The number of carbonyl (C=O) groups excluding carboxylic acids is 2. The number of amides is 2. The maximum Gasteiger partial charge on any atom is 0.276 e. The average Bonchev–Trinajstić information content (AvgIpc) is 3.35. The van der Waals surface area contributed by atoms with Crippen molar-refractivity contribution in [2.45, 2.75) is 25.9 Å². The largest absolute Gasteiger partial charge is 0.497 e. The Labute approximate surface area is 245 Å². The van der Waals surface area contributed by atoms with Gasteiger partial charge in [-0.1, -0.05) is 6.07 Å². The molecule has 1 aromatic heterocycles. The van der Waals surface area contributed by atoms with E-state index in [-0.39, 0.29) is 24.8 Å². The fourth-order valence-corrected chi connectivity index (χ4v) is 5.67. The molecule has 2 aliphatic rings. The monoisotopic (exact) mass is 578 g/mol. The van der Waals surface area contributed by atoms with Gasteiger partial charge >= 0.3 is 0 Å². The van der Waals surface area contributed by atoms with E-state index < -0.39 is 0 Å². The predicted molar refractivity (Wildman–Crippen MR) is 158 cm³/mol. The van der Waals surface area contributed by atoms with Crippen molar-refractivity contribution in [2.24, 2.45) is 0 Å². The molecule has 3 heterocycles. The maximum atomic E-state index is 13.5. The number of benzene rings is 2. The first-order valence-electron chi connectivity index (χ1n) is 14.0. The van der Waals surface area contributed by atoms with Crippen molar-refractivity contribution in [3.8, 4) is 23.0 Å². The molecule has 0 unspecified atom stereocenters. The Hall–Kier alpha value is -4.45. The molecule has 12 heteroatoms. The third kappa shape index (κ3) is 5.67.